The molecular formula is C16H17F4N3O2. The molecule has 5 nitrogen and oxygen atoms in total. The minimum absolute atomic E-state index is 0.0545. The van der Waals surface area contributed by atoms with E-state index in [-0.39, 0.29) is 6.54 Å². The first kappa shape index (κ1) is 18.9. The number of benzene rings is 1. The second kappa shape index (κ2) is 7.22. The third-order valence-electron chi connectivity index (χ3n) is 3.73. The molecule has 0 unspecified atom stereocenters. The summed E-state index contributed by atoms with van der Waals surface area (Å²) >= 11 is 0. The normalized spacial score (nSPS) is 14.2. The molecule has 2 N–H and O–H groups in total. The van der Waals surface area contributed by atoms with Crippen molar-refractivity contribution in [3.63, 3.8) is 0 Å². The Balaban J connectivity index is 2.00. The van der Waals surface area contributed by atoms with E-state index in [1.807, 2.05) is 0 Å². The summed E-state index contributed by atoms with van der Waals surface area (Å²) in [6.07, 6.45) is -3.60. The van der Waals surface area contributed by atoms with E-state index >= 15 is 0 Å². The van der Waals surface area contributed by atoms with Gasteiger partial charge in [-0.25, -0.2) is 9.37 Å². The fourth-order valence-electron chi connectivity index (χ4n) is 2.36. The van der Waals surface area contributed by atoms with Gasteiger partial charge < -0.3 is 15.0 Å². The molecule has 1 amide bonds. The van der Waals surface area contributed by atoms with E-state index in [2.05, 4.69) is 10.3 Å². The van der Waals surface area contributed by atoms with Crippen LogP contribution in [-0.4, -0.2) is 33.3 Å². The van der Waals surface area contributed by atoms with Crippen molar-refractivity contribution in [1.29, 1.82) is 0 Å². The summed E-state index contributed by atoms with van der Waals surface area (Å²) in [5, 5.41) is 12.4. The lowest BCUT2D eigenvalue weighted by Crippen LogP contribution is -2.48. The molecule has 0 aliphatic heterocycles. The molecule has 2 aromatic rings. The average Bonchev–Trinajstić information content (AvgIpc) is 2.94. The van der Waals surface area contributed by atoms with E-state index in [4.69, 9.17) is 0 Å². The van der Waals surface area contributed by atoms with Crippen molar-refractivity contribution in [1.82, 2.24) is 14.9 Å². The van der Waals surface area contributed by atoms with Gasteiger partial charge in [-0.15, -0.1) is 0 Å². The van der Waals surface area contributed by atoms with Gasteiger partial charge in [0.25, 0.3) is 0 Å². The maximum atomic E-state index is 13.3. The molecule has 2 rings (SSSR count). The molecule has 9 heteroatoms. The van der Waals surface area contributed by atoms with Crippen LogP contribution in [0.25, 0.3) is 0 Å². The van der Waals surface area contributed by atoms with Crippen molar-refractivity contribution in [2.45, 2.75) is 24.6 Å². The fourth-order valence-corrected chi connectivity index (χ4v) is 2.36. The smallest absolute Gasteiger partial charge is 0.374 e. The number of amides is 1. The van der Waals surface area contributed by atoms with E-state index in [9.17, 15) is 27.5 Å². The zero-order valence-electron chi connectivity index (χ0n) is 13.3. The second-order valence-corrected chi connectivity index (χ2v) is 5.62. The quantitative estimate of drug-likeness (QED) is 0.776. The van der Waals surface area contributed by atoms with Crippen LogP contribution in [0.1, 0.15) is 17.8 Å². The Bertz CT molecular complexity index is 728. The Morgan fingerprint density at radius 2 is 1.92 bits per heavy atom. The highest BCUT2D eigenvalue weighted by atomic mass is 19.4. The lowest BCUT2D eigenvalue weighted by molar-refractivity contribution is -0.271. The number of hydrogen-bond donors (Lipinski definition) is 2. The van der Waals surface area contributed by atoms with Gasteiger partial charge in [0.15, 0.2) is 5.82 Å². The number of halogens is 4. The molecule has 0 fully saturated rings. The van der Waals surface area contributed by atoms with Gasteiger partial charge in [-0.2, -0.15) is 13.2 Å². The number of hydrogen-bond acceptors (Lipinski definition) is 3. The number of nitrogens with zero attached hydrogens (tertiary/aromatic N) is 2. The number of carbonyl (C=O) groups is 1. The molecule has 0 bridgehead atoms. The Kier molecular flexibility index (Phi) is 5.46. The molecule has 0 aliphatic carbocycles. The van der Waals surface area contributed by atoms with Crippen LogP contribution < -0.4 is 5.32 Å². The van der Waals surface area contributed by atoms with E-state index in [0.29, 0.717) is 6.42 Å². The van der Waals surface area contributed by atoms with Gasteiger partial charge in [0, 0.05) is 26.0 Å². The molecule has 1 aromatic heterocycles. The molecule has 0 aliphatic rings. The Hall–Kier alpha value is -2.42. The topological polar surface area (TPSA) is 67.1 Å². The lowest BCUT2D eigenvalue weighted by Gasteiger charge is -2.29. The SMILES string of the molecule is Cn1ccnc1[C@](O)(CC(=O)NCCc1ccc(F)cc1)C(F)(F)F. The Morgan fingerprint density at radius 1 is 1.28 bits per heavy atom. The molecule has 0 radical (unpaired) electrons. The molecule has 25 heavy (non-hydrogen) atoms. The van der Waals surface area contributed by atoms with Crippen LogP contribution in [0.2, 0.25) is 0 Å². The molecule has 0 spiro atoms. The first-order valence-corrected chi connectivity index (χ1v) is 7.41. The number of alkyl halides is 3. The number of imidazole rings is 1. The monoisotopic (exact) mass is 359 g/mol. The third kappa shape index (κ3) is 4.36. The summed E-state index contributed by atoms with van der Waals surface area (Å²) in [6.45, 7) is 0.0545. The zero-order chi connectivity index (χ0) is 18.7. The average molecular weight is 359 g/mol. The maximum absolute atomic E-state index is 13.3. The highest BCUT2D eigenvalue weighted by Crippen LogP contribution is 2.40. The molecule has 1 aromatic carbocycles. The number of rotatable bonds is 6. The molecular weight excluding hydrogens is 342 g/mol. The maximum Gasteiger partial charge on any atom is 0.425 e. The van der Waals surface area contributed by atoms with Crippen molar-refractivity contribution in [2.24, 2.45) is 7.05 Å². The number of aliphatic hydroxyl groups is 1. The number of aromatic nitrogens is 2. The molecule has 1 atom stereocenters. The van der Waals surface area contributed by atoms with Crippen LogP contribution in [0.4, 0.5) is 17.6 Å². The van der Waals surface area contributed by atoms with Crippen molar-refractivity contribution in [2.75, 3.05) is 6.54 Å². The fraction of sp³-hybridized carbons (Fsp3) is 0.375. The Morgan fingerprint density at radius 3 is 2.44 bits per heavy atom. The lowest BCUT2D eigenvalue weighted by atomic mass is 9.97. The largest absolute Gasteiger partial charge is 0.425 e. The van der Waals surface area contributed by atoms with E-state index in [0.717, 1.165) is 16.3 Å². The van der Waals surface area contributed by atoms with Crippen LogP contribution in [0.5, 0.6) is 0 Å². The standard InChI is InChI=1S/C16H17F4N3O2/c1-23-9-8-22-14(23)15(25,16(18,19)20)10-13(24)21-7-6-11-2-4-12(17)5-3-11/h2-5,8-9,25H,6-7,10H2,1H3,(H,21,24)/t15-/m1/s1. The molecule has 1 heterocycles. The summed E-state index contributed by atoms with van der Waals surface area (Å²) in [6, 6.07) is 5.53. The van der Waals surface area contributed by atoms with Crippen LogP contribution >= 0.6 is 0 Å². The number of nitrogens with one attached hydrogen (secondary N) is 1. The minimum atomic E-state index is -5.07. The number of carbonyl (C=O) groups excluding carboxylic acids is 1. The highest BCUT2D eigenvalue weighted by molar-refractivity contribution is 5.77. The van der Waals surface area contributed by atoms with Crippen molar-refractivity contribution >= 4 is 5.91 Å². The van der Waals surface area contributed by atoms with Crippen molar-refractivity contribution in [3.8, 4) is 0 Å². The predicted octanol–water partition coefficient (Wildman–Crippen LogP) is 2.06. The summed E-state index contributed by atoms with van der Waals surface area (Å²) in [5.74, 6) is -2.03. The molecule has 0 saturated carbocycles. The molecule has 136 valence electrons. The van der Waals surface area contributed by atoms with E-state index in [1.165, 1.54) is 37.5 Å². The minimum Gasteiger partial charge on any atom is -0.374 e. The van der Waals surface area contributed by atoms with Crippen LogP contribution in [0.3, 0.4) is 0 Å². The van der Waals surface area contributed by atoms with Gasteiger partial charge in [0.2, 0.25) is 11.5 Å². The van der Waals surface area contributed by atoms with Gasteiger partial charge in [-0.1, -0.05) is 12.1 Å². The second-order valence-electron chi connectivity index (χ2n) is 5.62. The van der Waals surface area contributed by atoms with Crippen molar-refractivity contribution in [3.05, 3.63) is 53.9 Å². The summed E-state index contributed by atoms with van der Waals surface area (Å²) in [4.78, 5) is 15.4. The van der Waals surface area contributed by atoms with Crippen molar-refractivity contribution < 1.29 is 27.5 Å². The first-order valence-electron chi connectivity index (χ1n) is 7.41. The number of aryl methyl sites for hydroxylation is 1. The summed E-state index contributed by atoms with van der Waals surface area (Å²) in [5.41, 5.74) is -2.66. The molecule has 0 saturated heterocycles. The van der Waals surface area contributed by atoms with Gasteiger partial charge in [-0.3, -0.25) is 4.79 Å². The van der Waals surface area contributed by atoms with E-state index in [1.54, 1.807) is 0 Å². The highest BCUT2D eigenvalue weighted by Gasteiger charge is 2.58. The van der Waals surface area contributed by atoms with Crippen LogP contribution in [0, 0.1) is 5.82 Å². The first-order chi connectivity index (χ1) is 11.6. The zero-order valence-corrected chi connectivity index (χ0v) is 13.3. The van der Waals surface area contributed by atoms with E-state index < -0.39 is 35.7 Å². The summed E-state index contributed by atoms with van der Waals surface area (Å²) < 4.78 is 53.7. The third-order valence-corrected chi connectivity index (χ3v) is 3.73. The van der Waals surface area contributed by atoms with Gasteiger partial charge >= 0.3 is 6.18 Å². The van der Waals surface area contributed by atoms with Gasteiger partial charge in [0.1, 0.15) is 5.82 Å². The van der Waals surface area contributed by atoms with Crippen LogP contribution in [-0.2, 0) is 23.9 Å². The van der Waals surface area contributed by atoms with Gasteiger partial charge in [-0.05, 0) is 24.1 Å². The predicted molar refractivity (Wildman–Crippen MR) is 80.9 cm³/mol. The Labute approximate surface area is 141 Å². The summed E-state index contributed by atoms with van der Waals surface area (Å²) in [7, 11) is 1.30. The van der Waals surface area contributed by atoms with Gasteiger partial charge in [0.05, 0.1) is 6.42 Å². The van der Waals surface area contributed by atoms with Crippen LogP contribution in [0.15, 0.2) is 36.7 Å².